The fourth-order valence-electron chi connectivity index (χ4n) is 10.0. The van der Waals surface area contributed by atoms with Gasteiger partial charge in [0.25, 0.3) is 0 Å². The normalized spacial score (nSPS) is 11.9. The molecule has 0 radical (unpaired) electrons. The molecule has 0 unspecified atom stereocenters. The topological polar surface area (TPSA) is 48.7 Å². The summed E-state index contributed by atoms with van der Waals surface area (Å²) < 4.78 is 13.8. The summed E-state index contributed by atoms with van der Waals surface area (Å²) in [6.45, 7) is 0. The molecule has 5 nitrogen and oxygen atoms in total. The standard InChI is InChI=1S/C61H37N3O2/c62-38-42-22-23-46(35-55(42)39-12-4-1-5-13-39)64(45-24-27-50-41(34-45)21-20-40-14-10-11-19-49(40)50)48-26-29-52-54-31-32-56-60-53(30-33-57(61(54)60)66-59(52)37-48)51-28-25-47(36-58(51)65-56)63(43-15-6-2-7-16-43)44-17-8-3-9-18-44/h1-37H. The molecule has 2 aliphatic rings. The maximum atomic E-state index is 10.2. The minimum atomic E-state index is 0.619. The molecular formula is C61H37N3O2. The first-order chi connectivity index (χ1) is 32.7. The molecule has 2 heterocycles. The van der Waals surface area contributed by atoms with Crippen molar-refractivity contribution in [2.24, 2.45) is 0 Å². The van der Waals surface area contributed by atoms with Crippen LogP contribution in [-0.2, 0) is 0 Å². The lowest BCUT2D eigenvalue weighted by Crippen LogP contribution is -2.11. The largest absolute Gasteiger partial charge is 0.456 e. The summed E-state index contributed by atoms with van der Waals surface area (Å²) >= 11 is 0. The summed E-state index contributed by atoms with van der Waals surface area (Å²) in [7, 11) is 0. The number of ether oxygens (including phenoxy) is 2. The van der Waals surface area contributed by atoms with E-state index in [1.807, 2.05) is 42.5 Å². The lowest BCUT2D eigenvalue weighted by atomic mass is 9.88. The maximum absolute atomic E-state index is 10.2. The zero-order valence-corrected chi connectivity index (χ0v) is 35.5. The third-order valence-corrected chi connectivity index (χ3v) is 13.0. The van der Waals surface area contributed by atoms with E-state index in [0.717, 1.165) is 107 Å². The second-order valence-corrected chi connectivity index (χ2v) is 16.8. The van der Waals surface area contributed by atoms with Crippen molar-refractivity contribution in [1.29, 1.82) is 5.26 Å². The Morgan fingerprint density at radius 3 is 1.41 bits per heavy atom. The van der Waals surface area contributed by atoms with Crippen LogP contribution in [0.3, 0.4) is 0 Å². The average molecular weight is 844 g/mol. The van der Waals surface area contributed by atoms with E-state index in [0.29, 0.717) is 5.56 Å². The predicted molar refractivity (Wildman–Crippen MR) is 269 cm³/mol. The highest BCUT2D eigenvalue weighted by atomic mass is 16.5. The summed E-state index contributed by atoms with van der Waals surface area (Å²) in [6.07, 6.45) is 0. The molecule has 2 aliphatic heterocycles. The number of rotatable bonds is 7. The molecule has 0 fully saturated rings. The molecule has 11 aromatic carbocycles. The highest BCUT2D eigenvalue weighted by Gasteiger charge is 2.29. The van der Waals surface area contributed by atoms with Crippen LogP contribution in [0.15, 0.2) is 224 Å². The molecular weight excluding hydrogens is 807 g/mol. The zero-order valence-electron chi connectivity index (χ0n) is 35.5. The quantitative estimate of drug-likeness (QED) is 0.150. The van der Waals surface area contributed by atoms with Crippen LogP contribution in [0.4, 0.5) is 34.1 Å². The van der Waals surface area contributed by atoms with E-state index < -0.39 is 0 Å². The Morgan fingerprint density at radius 1 is 0.318 bits per heavy atom. The van der Waals surface area contributed by atoms with Crippen LogP contribution >= 0.6 is 0 Å². The molecule has 0 saturated heterocycles. The fraction of sp³-hybridized carbons (Fsp3) is 0. The number of anilines is 6. The Bertz CT molecular complexity index is 3750. The maximum Gasteiger partial charge on any atom is 0.137 e. The molecule has 0 atom stereocenters. The lowest BCUT2D eigenvalue weighted by molar-refractivity contribution is 0.480. The van der Waals surface area contributed by atoms with Crippen molar-refractivity contribution in [1.82, 2.24) is 0 Å². The van der Waals surface area contributed by atoms with Gasteiger partial charge in [-0.1, -0.05) is 109 Å². The van der Waals surface area contributed by atoms with E-state index in [9.17, 15) is 5.26 Å². The van der Waals surface area contributed by atoms with Crippen LogP contribution in [0.25, 0.3) is 65.7 Å². The van der Waals surface area contributed by atoms with Crippen LogP contribution < -0.4 is 19.3 Å². The van der Waals surface area contributed by atoms with Crippen LogP contribution in [-0.4, -0.2) is 0 Å². The Kier molecular flexibility index (Phi) is 8.52. The van der Waals surface area contributed by atoms with E-state index in [1.54, 1.807) is 0 Å². The van der Waals surface area contributed by atoms with Crippen molar-refractivity contribution < 1.29 is 9.47 Å². The van der Waals surface area contributed by atoms with Gasteiger partial charge in [0, 0.05) is 73.7 Å². The van der Waals surface area contributed by atoms with Gasteiger partial charge in [-0.2, -0.15) is 5.26 Å². The summed E-state index contributed by atoms with van der Waals surface area (Å²) in [4.78, 5) is 4.52. The van der Waals surface area contributed by atoms with Crippen molar-refractivity contribution in [2.75, 3.05) is 9.80 Å². The zero-order chi connectivity index (χ0) is 43.7. The summed E-state index contributed by atoms with van der Waals surface area (Å²) in [5, 5.41) is 17.1. The monoisotopic (exact) mass is 843 g/mol. The Morgan fingerprint density at radius 2 is 0.788 bits per heavy atom. The SMILES string of the molecule is N#Cc1ccc(N(c2ccc3c(c2)Oc2ccc4c5c(ccc-3c25)Oc2cc(N(c3ccccc3)c3ccccc3)ccc2-4)c2ccc3c(ccc4ccccc43)c2)cc1-c1ccccc1. The van der Waals surface area contributed by atoms with Gasteiger partial charge in [0.05, 0.1) is 11.6 Å². The van der Waals surface area contributed by atoms with E-state index in [2.05, 4.69) is 198 Å². The van der Waals surface area contributed by atoms with Gasteiger partial charge in [0.15, 0.2) is 0 Å². The molecule has 0 aromatic heterocycles. The van der Waals surface area contributed by atoms with Crippen molar-refractivity contribution in [3.63, 3.8) is 0 Å². The highest BCUT2D eigenvalue weighted by Crippen LogP contribution is 2.56. The molecule has 5 heteroatoms. The number of fused-ring (bicyclic) bond motifs is 7. The number of benzene rings is 11. The van der Waals surface area contributed by atoms with Crippen LogP contribution in [0.1, 0.15) is 5.56 Å². The van der Waals surface area contributed by atoms with Crippen molar-refractivity contribution in [3.05, 3.63) is 230 Å². The van der Waals surface area contributed by atoms with Gasteiger partial charge in [-0.25, -0.2) is 0 Å². The molecule has 11 aromatic rings. The third kappa shape index (κ3) is 6.01. The first-order valence-electron chi connectivity index (χ1n) is 22.1. The molecule has 0 N–H and O–H groups in total. The molecule has 308 valence electrons. The van der Waals surface area contributed by atoms with E-state index in [1.165, 1.54) is 16.2 Å². The number of nitriles is 1. The Balaban J connectivity index is 0.926. The minimum absolute atomic E-state index is 0.619. The van der Waals surface area contributed by atoms with E-state index in [4.69, 9.17) is 9.47 Å². The first-order valence-corrected chi connectivity index (χ1v) is 22.1. The second kappa shape index (κ2) is 15.0. The van der Waals surface area contributed by atoms with Crippen molar-refractivity contribution >= 4 is 66.4 Å². The van der Waals surface area contributed by atoms with Gasteiger partial charge in [0.2, 0.25) is 0 Å². The Hall–Kier alpha value is -9.11. The first kappa shape index (κ1) is 37.4. The number of hydrogen-bond acceptors (Lipinski definition) is 5. The summed E-state index contributed by atoms with van der Waals surface area (Å²) in [5.41, 5.74) is 12.7. The second-order valence-electron chi connectivity index (χ2n) is 16.8. The van der Waals surface area contributed by atoms with Gasteiger partial charge < -0.3 is 19.3 Å². The molecule has 0 spiro atoms. The summed E-state index contributed by atoms with van der Waals surface area (Å²) in [5.74, 6) is 3.16. The van der Waals surface area contributed by atoms with E-state index >= 15 is 0 Å². The molecule has 0 amide bonds. The Labute approximate surface area is 381 Å². The molecule has 0 bridgehead atoms. The van der Waals surface area contributed by atoms with Crippen molar-refractivity contribution in [3.8, 4) is 62.4 Å². The van der Waals surface area contributed by atoms with E-state index in [-0.39, 0.29) is 0 Å². The number of nitrogens with zero attached hydrogens (tertiary/aromatic N) is 3. The summed E-state index contributed by atoms with van der Waals surface area (Å²) in [6, 6.07) is 80.6. The average Bonchev–Trinajstić information content (AvgIpc) is 3.38. The minimum Gasteiger partial charge on any atom is -0.456 e. The molecule has 66 heavy (non-hydrogen) atoms. The third-order valence-electron chi connectivity index (χ3n) is 13.0. The smallest absolute Gasteiger partial charge is 0.137 e. The number of hydrogen-bond donors (Lipinski definition) is 0. The molecule has 13 rings (SSSR count). The molecule has 0 saturated carbocycles. The van der Waals surface area contributed by atoms with Gasteiger partial charge in [-0.15, -0.1) is 0 Å². The predicted octanol–water partition coefficient (Wildman–Crippen LogP) is 17.2. The van der Waals surface area contributed by atoms with Crippen molar-refractivity contribution in [2.45, 2.75) is 0 Å². The van der Waals surface area contributed by atoms with Gasteiger partial charge in [-0.3, -0.25) is 0 Å². The fourth-order valence-corrected chi connectivity index (χ4v) is 10.0. The van der Waals surface area contributed by atoms with Crippen LogP contribution in [0, 0.1) is 11.3 Å². The van der Waals surface area contributed by atoms with Crippen LogP contribution in [0.5, 0.6) is 23.0 Å². The molecule has 0 aliphatic carbocycles. The van der Waals surface area contributed by atoms with Gasteiger partial charge in [-0.05, 0) is 141 Å². The number of para-hydroxylation sites is 2. The van der Waals surface area contributed by atoms with Gasteiger partial charge >= 0.3 is 0 Å². The van der Waals surface area contributed by atoms with Crippen LogP contribution in [0.2, 0.25) is 0 Å². The lowest BCUT2D eigenvalue weighted by Gasteiger charge is -2.30. The van der Waals surface area contributed by atoms with Gasteiger partial charge in [0.1, 0.15) is 23.0 Å². The highest BCUT2D eigenvalue weighted by molar-refractivity contribution is 6.15.